The van der Waals surface area contributed by atoms with Gasteiger partial charge in [0.15, 0.2) is 0 Å². The molecule has 0 bridgehead atoms. The van der Waals surface area contributed by atoms with Crippen LogP contribution < -0.4 is 10.6 Å². The Morgan fingerprint density at radius 3 is 2.63 bits per heavy atom. The predicted molar refractivity (Wildman–Crippen MR) is 82.7 cm³/mol. The second kappa shape index (κ2) is 5.51. The molecule has 1 unspecified atom stereocenters. The van der Waals surface area contributed by atoms with E-state index < -0.39 is 0 Å². The summed E-state index contributed by atoms with van der Waals surface area (Å²) in [5.41, 5.74) is 8.92. The first-order chi connectivity index (χ1) is 8.99. The van der Waals surface area contributed by atoms with E-state index in [-0.39, 0.29) is 5.54 Å². The molecule has 1 aliphatic heterocycles. The minimum atomic E-state index is 0.156. The fourth-order valence-corrected chi connectivity index (χ4v) is 3.05. The SMILES string of the molecule is CCc1ccccc1N1CC(CN)N(C)C(C)(C)C1. The first kappa shape index (κ1) is 14.4. The van der Waals surface area contributed by atoms with Gasteiger partial charge in [-0.1, -0.05) is 25.1 Å². The van der Waals surface area contributed by atoms with Crippen molar-refractivity contribution in [1.29, 1.82) is 0 Å². The Labute approximate surface area is 117 Å². The number of nitrogens with two attached hydrogens (primary N) is 1. The summed E-state index contributed by atoms with van der Waals surface area (Å²) in [4.78, 5) is 4.94. The average molecular weight is 261 g/mol. The lowest BCUT2D eigenvalue weighted by Crippen LogP contribution is -2.64. The summed E-state index contributed by atoms with van der Waals surface area (Å²) in [7, 11) is 2.20. The van der Waals surface area contributed by atoms with Crippen LogP contribution in [0.3, 0.4) is 0 Å². The number of hydrogen-bond donors (Lipinski definition) is 1. The van der Waals surface area contributed by atoms with Crippen molar-refractivity contribution in [2.75, 3.05) is 31.6 Å². The molecule has 3 nitrogen and oxygen atoms in total. The van der Waals surface area contributed by atoms with Crippen molar-refractivity contribution in [2.45, 2.75) is 38.8 Å². The topological polar surface area (TPSA) is 32.5 Å². The number of anilines is 1. The zero-order valence-electron chi connectivity index (χ0n) is 12.7. The summed E-state index contributed by atoms with van der Waals surface area (Å²) in [6.45, 7) is 9.61. The van der Waals surface area contributed by atoms with E-state index in [0.717, 1.165) is 19.5 Å². The lowest BCUT2D eigenvalue weighted by molar-refractivity contribution is 0.0845. The lowest BCUT2D eigenvalue weighted by Gasteiger charge is -2.51. The third-order valence-electron chi connectivity index (χ3n) is 4.50. The molecule has 3 heteroatoms. The summed E-state index contributed by atoms with van der Waals surface area (Å²) in [5, 5.41) is 0. The van der Waals surface area contributed by atoms with Gasteiger partial charge in [0.05, 0.1) is 0 Å². The van der Waals surface area contributed by atoms with Gasteiger partial charge in [0.1, 0.15) is 0 Å². The molecule has 0 amide bonds. The normalized spacial score (nSPS) is 23.6. The van der Waals surface area contributed by atoms with Gasteiger partial charge in [-0.3, -0.25) is 4.90 Å². The summed E-state index contributed by atoms with van der Waals surface area (Å²) >= 11 is 0. The molecule has 1 atom stereocenters. The molecule has 1 aromatic rings. The van der Waals surface area contributed by atoms with E-state index in [2.05, 4.69) is 61.9 Å². The van der Waals surface area contributed by atoms with Gasteiger partial charge in [0.2, 0.25) is 0 Å². The van der Waals surface area contributed by atoms with Gasteiger partial charge in [-0.15, -0.1) is 0 Å². The van der Waals surface area contributed by atoms with Gasteiger partial charge in [-0.05, 0) is 38.9 Å². The summed E-state index contributed by atoms with van der Waals surface area (Å²) in [5.74, 6) is 0. The third kappa shape index (κ3) is 2.77. The van der Waals surface area contributed by atoms with Crippen LogP contribution in [0.2, 0.25) is 0 Å². The van der Waals surface area contributed by atoms with E-state index in [9.17, 15) is 0 Å². The van der Waals surface area contributed by atoms with Crippen LogP contribution in [0, 0.1) is 0 Å². The second-order valence-corrected chi connectivity index (χ2v) is 6.18. The van der Waals surface area contributed by atoms with Crippen molar-refractivity contribution >= 4 is 5.69 Å². The van der Waals surface area contributed by atoms with E-state index >= 15 is 0 Å². The number of hydrogen-bond acceptors (Lipinski definition) is 3. The molecular weight excluding hydrogens is 234 g/mol. The molecule has 2 rings (SSSR count). The fourth-order valence-electron chi connectivity index (χ4n) is 3.05. The van der Waals surface area contributed by atoms with Crippen molar-refractivity contribution < 1.29 is 0 Å². The maximum atomic E-state index is 5.96. The molecule has 0 saturated carbocycles. The third-order valence-corrected chi connectivity index (χ3v) is 4.50. The maximum absolute atomic E-state index is 5.96. The zero-order valence-corrected chi connectivity index (χ0v) is 12.7. The second-order valence-electron chi connectivity index (χ2n) is 6.18. The predicted octanol–water partition coefficient (Wildman–Crippen LogP) is 2.11. The molecule has 1 heterocycles. The monoisotopic (exact) mass is 261 g/mol. The van der Waals surface area contributed by atoms with Crippen LogP contribution in [0.4, 0.5) is 5.69 Å². The van der Waals surface area contributed by atoms with Crippen molar-refractivity contribution in [2.24, 2.45) is 5.73 Å². The quantitative estimate of drug-likeness (QED) is 0.904. The van der Waals surface area contributed by atoms with Crippen LogP contribution in [0.1, 0.15) is 26.3 Å². The van der Waals surface area contributed by atoms with E-state index in [1.54, 1.807) is 0 Å². The van der Waals surface area contributed by atoms with Gasteiger partial charge in [-0.25, -0.2) is 0 Å². The van der Waals surface area contributed by atoms with Gasteiger partial charge >= 0.3 is 0 Å². The number of benzene rings is 1. The number of nitrogens with zero attached hydrogens (tertiary/aromatic N) is 2. The number of rotatable bonds is 3. The highest BCUT2D eigenvalue weighted by molar-refractivity contribution is 5.54. The maximum Gasteiger partial charge on any atom is 0.0399 e. The summed E-state index contributed by atoms with van der Waals surface area (Å²) in [6, 6.07) is 9.17. The van der Waals surface area contributed by atoms with Crippen molar-refractivity contribution in [3.63, 3.8) is 0 Å². The molecular formula is C16H27N3. The number of likely N-dealkylation sites (N-methyl/N-ethyl adjacent to an activating group) is 1. The molecule has 0 radical (unpaired) electrons. The molecule has 2 N–H and O–H groups in total. The zero-order chi connectivity index (χ0) is 14.0. The van der Waals surface area contributed by atoms with E-state index in [0.29, 0.717) is 12.6 Å². The molecule has 1 saturated heterocycles. The Hall–Kier alpha value is -1.06. The highest BCUT2D eigenvalue weighted by Crippen LogP contribution is 2.29. The van der Waals surface area contributed by atoms with Gasteiger partial charge in [0, 0.05) is 36.9 Å². The van der Waals surface area contributed by atoms with Gasteiger partial charge < -0.3 is 10.6 Å². The highest BCUT2D eigenvalue weighted by Gasteiger charge is 2.37. The molecule has 1 aliphatic rings. The minimum Gasteiger partial charge on any atom is -0.368 e. The number of piperazine rings is 1. The van der Waals surface area contributed by atoms with Crippen LogP contribution in [0.15, 0.2) is 24.3 Å². The Morgan fingerprint density at radius 1 is 1.32 bits per heavy atom. The Balaban J connectivity index is 2.30. The molecule has 0 spiro atoms. The minimum absolute atomic E-state index is 0.156. The van der Waals surface area contributed by atoms with Crippen LogP contribution in [-0.4, -0.2) is 43.2 Å². The highest BCUT2D eigenvalue weighted by atomic mass is 15.3. The number of aryl methyl sites for hydroxylation is 1. The standard InChI is InChI=1S/C16H27N3/c1-5-13-8-6-7-9-15(13)19-11-14(10-17)18(4)16(2,3)12-19/h6-9,14H,5,10-12,17H2,1-4H3. The Kier molecular flexibility index (Phi) is 4.16. The largest absolute Gasteiger partial charge is 0.368 e. The summed E-state index contributed by atoms with van der Waals surface area (Å²) in [6.07, 6.45) is 1.08. The van der Waals surface area contributed by atoms with Crippen molar-refractivity contribution in [3.05, 3.63) is 29.8 Å². The van der Waals surface area contributed by atoms with E-state index in [1.807, 2.05) is 0 Å². The molecule has 0 aliphatic carbocycles. The van der Waals surface area contributed by atoms with Crippen molar-refractivity contribution in [1.82, 2.24) is 4.90 Å². The van der Waals surface area contributed by atoms with E-state index in [1.165, 1.54) is 11.3 Å². The molecule has 1 fully saturated rings. The van der Waals surface area contributed by atoms with E-state index in [4.69, 9.17) is 5.73 Å². The van der Waals surface area contributed by atoms with Crippen LogP contribution in [0.5, 0.6) is 0 Å². The smallest absolute Gasteiger partial charge is 0.0399 e. The molecule has 0 aromatic heterocycles. The first-order valence-electron chi connectivity index (χ1n) is 7.25. The first-order valence-corrected chi connectivity index (χ1v) is 7.25. The molecule has 1 aromatic carbocycles. The average Bonchev–Trinajstić information content (AvgIpc) is 2.41. The molecule has 106 valence electrons. The van der Waals surface area contributed by atoms with Crippen LogP contribution >= 0.6 is 0 Å². The van der Waals surface area contributed by atoms with Crippen LogP contribution in [0.25, 0.3) is 0 Å². The molecule has 19 heavy (non-hydrogen) atoms. The van der Waals surface area contributed by atoms with Crippen LogP contribution in [-0.2, 0) is 6.42 Å². The Bertz CT molecular complexity index is 428. The van der Waals surface area contributed by atoms with Gasteiger partial charge in [0.25, 0.3) is 0 Å². The van der Waals surface area contributed by atoms with Crippen molar-refractivity contribution in [3.8, 4) is 0 Å². The fraction of sp³-hybridized carbons (Fsp3) is 0.625. The Morgan fingerprint density at radius 2 is 2.00 bits per heavy atom. The lowest BCUT2D eigenvalue weighted by atomic mass is 9.94. The summed E-state index contributed by atoms with van der Waals surface area (Å²) < 4.78 is 0. The van der Waals surface area contributed by atoms with Gasteiger partial charge in [-0.2, -0.15) is 0 Å². The number of para-hydroxylation sites is 1.